The summed E-state index contributed by atoms with van der Waals surface area (Å²) in [5, 5.41) is 3.37. The number of hydrogen-bond acceptors (Lipinski definition) is 4. The Morgan fingerprint density at radius 3 is 2.27 bits per heavy atom. The fourth-order valence-electron chi connectivity index (χ4n) is 1.58. The molecule has 4 heteroatoms. The predicted molar refractivity (Wildman–Crippen MR) is 58.8 cm³/mol. The largest absolute Gasteiger partial charge is 0.380 e. The van der Waals surface area contributed by atoms with E-state index in [1.165, 1.54) is 0 Å². The summed E-state index contributed by atoms with van der Waals surface area (Å²) in [6.07, 6.45) is -0.121. The fourth-order valence-corrected chi connectivity index (χ4v) is 1.58. The van der Waals surface area contributed by atoms with Crippen LogP contribution in [0.5, 0.6) is 0 Å². The maximum Gasteiger partial charge on any atom is 0.169 e. The van der Waals surface area contributed by atoms with Gasteiger partial charge < -0.3 is 19.5 Å². The molecule has 0 radical (unpaired) electrons. The topological polar surface area (TPSA) is 39.7 Å². The average molecular weight is 217 g/mol. The Kier molecular flexibility index (Phi) is 5.53. The molecule has 0 saturated carbocycles. The highest BCUT2D eigenvalue weighted by atomic mass is 16.7. The Hall–Kier alpha value is -0.160. The summed E-state index contributed by atoms with van der Waals surface area (Å²) < 4.78 is 16.1. The van der Waals surface area contributed by atoms with Crippen LogP contribution >= 0.6 is 0 Å². The molecule has 0 spiro atoms. The zero-order valence-corrected chi connectivity index (χ0v) is 10.0. The molecule has 1 rings (SSSR count). The summed E-state index contributed by atoms with van der Waals surface area (Å²) in [6.45, 7) is 11.0. The molecule has 1 aliphatic rings. The van der Waals surface area contributed by atoms with E-state index in [1.807, 2.05) is 13.8 Å². The van der Waals surface area contributed by atoms with Crippen LogP contribution in [0.1, 0.15) is 20.8 Å². The molecule has 0 atom stereocenters. The van der Waals surface area contributed by atoms with Gasteiger partial charge in [-0.15, -0.1) is 0 Å². The Morgan fingerprint density at radius 1 is 1.27 bits per heavy atom. The molecule has 4 nitrogen and oxygen atoms in total. The van der Waals surface area contributed by atoms with E-state index in [0.29, 0.717) is 18.6 Å². The van der Waals surface area contributed by atoms with Gasteiger partial charge >= 0.3 is 0 Å². The van der Waals surface area contributed by atoms with Crippen LogP contribution in [0.3, 0.4) is 0 Å². The highest BCUT2D eigenvalue weighted by molar-refractivity contribution is 4.82. The molecule has 0 amide bonds. The van der Waals surface area contributed by atoms with Gasteiger partial charge in [-0.25, -0.2) is 0 Å². The van der Waals surface area contributed by atoms with E-state index < -0.39 is 0 Å². The highest BCUT2D eigenvalue weighted by Crippen LogP contribution is 2.24. The Morgan fingerprint density at radius 2 is 1.87 bits per heavy atom. The maximum absolute atomic E-state index is 5.43. The van der Waals surface area contributed by atoms with Gasteiger partial charge in [0, 0.05) is 31.7 Å². The predicted octanol–water partition coefficient (Wildman–Crippen LogP) is 1.01. The number of rotatable bonds is 8. The third-order valence-corrected chi connectivity index (χ3v) is 2.47. The molecule has 0 unspecified atom stereocenters. The molecule has 0 aliphatic carbocycles. The van der Waals surface area contributed by atoms with Gasteiger partial charge in [0.05, 0.1) is 13.2 Å². The maximum atomic E-state index is 5.43. The smallest absolute Gasteiger partial charge is 0.169 e. The van der Waals surface area contributed by atoms with Crippen LogP contribution in [0.2, 0.25) is 0 Å². The summed E-state index contributed by atoms with van der Waals surface area (Å²) in [6, 6.07) is 0. The van der Waals surface area contributed by atoms with Crippen LogP contribution in [0.15, 0.2) is 0 Å². The SMILES string of the molecule is CCOC(CNCC1(C)COC1)OCC. The minimum absolute atomic E-state index is 0.121. The van der Waals surface area contributed by atoms with Gasteiger partial charge in [-0.1, -0.05) is 6.92 Å². The second-order valence-electron chi connectivity index (χ2n) is 4.27. The number of hydrogen-bond donors (Lipinski definition) is 1. The lowest BCUT2D eigenvalue weighted by Gasteiger charge is -2.38. The van der Waals surface area contributed by atoms with Gasteiger partial charge in [-0.05, 0) is 13.8 Å². The first-order valence-electron chi connectivity index (χ1n) is 5.72. The summed E-state index contributed by atoms with van der Waals surface area (Å²) in [4.78, 5) is 0. The van der Waals surface area contributed by atoms with Crippen LogP contribution in [-0.2, 0) is 14.2 Å². The standard InChI is InChI=1S/C11H23NO3/c1-4-14-10(15-5-2)6-12-7-11(3)8-13-9-11/h10,12H,4-9H2,1-3H3. The number of ether oxygens (including phenoxy) is 3. The summed E-state index contributed by atoms with van der Waals surface area (Å²) in [5.41, 5.74) is 0.309. The summed E-state index contributed by atoms with van der Waals surface area (Å²) in [5.74, 6) is 0. The van der Waals surface area contributed by atoms with Crippen LogP contribution in [-0.4, -0.2) is 45.8 Å². The summed E-state index contributed by atoms with van der Waals surface area (Å²) in [7, 11) is 0. The lowest BCUT2D eigenvalue weighted by Crippen LogP contribution is -2.48. The molecule has 1 N–H and O–H groups in total. The van der Waals surface area contributed by atoms with Gasteiger partial charge in [-0.2, -0.15) is 0 Å². The average Bonchev–Trinajstić information content (AvgIpc) is 2.16. The van der Waals surface area contributed by atoms with Crippen molar-refractivity contribution in [2.24, 2.45) is 5.41 Å². The van der Waals surface area contributed by atoms with Crippen LogP contribution in [0, 0.1) is 5.41 Å². The lowest BCUT2D eigenvalue weighted by atomic mass is 9.89. The summed E-state index contributed by atoms with van der Waals surface area (Å²) >= 11 is 0. The van der Waals surface area contributed by atoms with Crippen molar-refractivity contribution in [2.45, 2.75) is 27.1 Å². The minimum Gasteiger partial charge on any atom is -0.380 e. The first kappa shape index (κ1) is 12.9. The third kappa shape index (κ3) is 4.47. The zero-order chi connectivity index (χ0) is 11.1. The van der Waals surface area contributed by atoms with Crippen LogP contribution in [0.4, 0.5) is 0 Å². The molecular weight excluding hydrogens is 194 g/mol. The van der Waals surface area contributed by atoms with Crippen molar-refractivity contribution in [3.8, 4) is 0 Å². The van der Waals surface area contributed by atoms with Gasteiger partial charge in [0.2, 0.25) is 0 Å². The fraction of sp³-hybridized carbons (Fsp3) is 1.00. The van der Waals surface area contributed by atoms with Crippen molar-refractivity contribution in [3.63, 3.8) is 0 Å². The quantitative estimate of drug-likeness (QED) is 0.616. The zero-order valence-electron chi connectivity index (χ0n) is 10.0. The normalized spacial score (nSPS) is 19.2. The Labute approximate surface area is 92.3 Å². The van der Waals surface area contributed by atoms with Crippen LogP contribution in [0.25, 0.3) is 0 Å². The molecule has 1 saturated heterocycles. The van der Waals surface area contributed by atoms with Gasteiger partial charge in [0.1, 0.15) is 0 Å². The van der Waals surface area contributed by atoms with Crippen molar-refractivity contribution in [1.82, 2.24) is 5.32 Å². The van der Waals surface area contributed by atoms with E-state index in [4.69, 9.17) is 14.2 Å². The molecule has 1 aliphatic heterocycles. The third-order valence-electron chi connectivity index (χ3n) is 2.47. The van der Waals surface area contributed by atoms with E-state index >= 15 is 0 Å². The first-order valence-corrected chi connectivity index (χ1v) is 5.72. The molecule has 0 bridgehead atoms. The van der Waals surface area contributed by atoms with E-state index in [0.717, 1.165) is 26.3 Å². The molecule has 0 aromatic rings. The van der Waals surface area contributed by atoms with Crippen molar-refractivity contribution < 1.29 is 14.2 Å². The monoisotopic (exact) mass is 217 g/mol. The Balaban J connectivity index is 2.09. The molecule has 0 aromatic heterocycles. The van der Waals surface area contributed by atoms with Gasteiger partial charge in [0.15, 0.2) is 6.29 Å². The van der Waals surface area contributed by atoms with Gasteiger partial charge in [0.25, 0.3) is 0 Å². The lowest BCUT2D eigenvalue weighted by molar-refractivity contribution is -0.138. The molecule has 0 aromatic carbocycles. The highest BCUT2D eigenvalue weighted by Gasteiger charge is 2.32. The Bertz CT molecular complexity index is 165. The molecule has 1 fully saturated rings. The first-order chi connectivity index (χ1) is 7.20. The van der Waals surface area contributed by atoms with Crippen molar-refractivity contribution in [2.75, 3.05) is 39.5 Å². The molecule has 90 valence electrons. The second-order valence-corrected chi connectivity index (χ2v) is 4.27. The van der Waals surface area contributed by atoms with Crippen molar-refractivity contribution >= 4 is 0 Å². The van der Waals surface area contributed by atoms with E-state index in [2.05, 4.69) is 12.2 Å². The molecule has 1 heterocycles. The van der Waals surface area contributed by atoms with E-state index in [9.17, 15) is 0 Å². The van der Waals surface area contributed by atoms with E-state index in [1.54, 1.807) is 0 Å². The second kappa shape index (κ2) is 6.43. The van der Waals surface area contributed by atoms with Crippen molar-refractivity contribution in [1.29, 1.82) is 0 Å². The van der Waals surface area contributed by atoms with Crippen molar-refractivity contribution in [3.05, 3.63) is 0 Å². The molecular formula is C11H23NO3. The van der Waals surface area contributed by atoms with E-state index in [-0.39, 0.29) is 6.29 Å². The van der Waals surface area contributed by atoms with Gasteiger partial charge in [-0.3, -0.25) is 0 Å². The minimum atomic E-state index is -0.121. The van der Waals surface area contributed by atoms with Crippen LogP contribution < -0.4 is 5.32 Å². The molecule has 15 heavy (non-hydrogen) atoms. The number of nitrogens with one attached hydrogen (secondary N) is 1.